The third-order valence-corrected chi connectivity index (χ3v) is 6.74. The van der Waals surface area contributed by atoms with E-state index in [2.05, 4.69) is 0 Å². The highest BCUT2D eigenvalue weighted by Gasteiger charge is 2.51. The lowest BCUT2D eigenvalue weighted by molar-refractivity contribution is -0.245. The summed E-state index contributed by atoms with van der Waals surface area (Å²) < 4.78 is 39.1. The number of fused-ring (bicyclic) bond motifs is 1. The Morgan fingerprint density at radius 3 is 2.12 bits per heavy atom. The molecule has 1 aliphatic rings. The smallest absolute Gasteiger partial charge is 0.337 e. The molecule has 0 unspecified atom stereocenters. The second-order valence-electron chi connectivity index (χ2n) is 10.00. The zero-order valence-corrected chi connectivity index (χ0v) is 25.2. The molecule has 1 saturated heterocycles. The molecule has 2 aromatic rings. The molecule has 1 heterocycles. The van der Waals surface area contributed by atoms with Crippen LogP contribution in [0.25, 0.3) is 10.8 Å². The van der Waals surface area contributed by atoms with Gasteiger partial charge in [0.2, 0.25) is 0 Å². The Labute approximate surface area is 249 Å². The molecule has 0 aromatic heterocycles. The van der Waals surface area contributed by atoms with Crippen molar-refractivity contribution >= 4 is 40.6 Å². The molecule has 12 nitrogen and oxygen atoms in total. The van der Waals surface area contributed by atoms with E-state index in [-0.39, 0.29) is 19.0 Å². The quantitative estimate of drug-likeness (QED) is 0.196. The molecule has 43 heavy (non-hydrogen) atoms. The Morgan fingerprint density at radius 2 is 1.49 bits per heavy atom. The first-order valence-electron chi connectivity index (χ1n) is 14.1. The Kier molecular flexibility index (Phi) is 11.9. The highest BCUT2D eigenvalue weighted by Crippen LogP contribution is 2.44. The van der Waals surface area contributed by atoms with Crippen LogP contribution in [0, 0.1) is 0 Å². The molecule has 0 amide bonds. The van der Waals surface area contributed by atoms with Crippen LogP contribution in [0.4, 0.5) is 0 Å². The monoisotopic (exact) mass is 602 g/mol. The van der Waals surface area contributed by atoms with Crippen LogP contribution in [-0.2, 0) is 47.6 Å². The van der Waals surface area contributed by atoms with Gasteiger partial charge in [0.1, 0.15) is 11.9 Å². The lowest BCUT2D eigenvalue weighted by atomic mass is 9.87. The molecule has 3 rings (SSSR count). The maximum absolute atomic E-state index is 12.3. The number of unbranched alkanes of at least 4 members (excludes halogenated alkanes) is 1. The minimum atomic E-state index is -1.24. The van der Waals surface area contributed by atoms with Crippen LogP contribution in [-0.4, -0.2) is 74.6 Å². The van der Waals surface area contributed by atoms with Crippen molar-refractivity contribution in [3.05, 3.63) is 41.5 Å². The van der Waals surface area contributed by atoms with Crippen LogP contribution in [0.15, 0.2) is 30.3 Å². The van der Waals surface area contributed by atoms with Gasteiger partial charge in [-0.15, -0.1) is 0 Å². The standard InChI is InChI=1S/C31H38O12/c1-7-38-25(35)10-8-9-15-39-24-14-12-21-16-22(31(36)37-6)11-13-23(21)26(24)28-30(43-20(5)34)29(42-19(4)33)27(17(2)40-28)41-18(3)32/h11-14,16-17,27-30H,7-10,15H2,1-6H3/t17-,27+,28+,29+,30+/m0/s1. The summed E-state index contributed by atoms with van der Waals surface area (Å²) in [7, 11) is 1.28. The SMILES string of the molecule is CCOC(=O)CCCCOc1ccc2cc(C(=O)OC)ccc2c1[C@H]1O[C@@H](C)[C@@H](OC(C)=O)[C@@H](OC(C)=O)[C@@H]1OC(C)=O. The van der Waals surface area contributed by atoms with Crippen molar-refractivity contribution in [2.75, 3.05) is 20.3 Å². The zero-order valence-electron chi connectivity index (χ0n) is 25.2. The second kappa shape index (κ2) is 15.3. The fourth-order valence-electron chi connectivity index (χ4n) is 5.03. The van der Waals surface area contributed by atoms with Gasteiger partial charge in [-0.25, -0.2) is 4.79 Å². The molecular weight excluding hydrogens is 564 g/mol. The minimum Gasteiger partial charge on any atom is -0.493 e. The predicted octanol–water partition coefficient (Wildman–Crippen LogP) is 3.99. The van der Waals surface area contributed by atoms with Crippen molar-refractivity contribution in [1.82, 2.24) is 0 Å². The minimum absolute atomic E-state index is 0.238. The van der Waals surface area contributed by atoms with E-state index in [1.54, 1.807) is 44.2 Å². The summed E-state index contributed by atoms with van der Waals surface area (Å²) in [5, 5.41) is 1.25. The van der Waals surface area contributed by atoms with E-state index in [0.717, 1.165) is 0 Å². The maximum atomic E-state index is 12.3. The van der Waals surface area contributed by atoms with Crippen LogP contribution in [0.2, 0.25) is 0 Å². The van der Waals surface area contributed by atoms with E-state index in [1.165, 1.54) is 27.9 Å². The van der Waals surface area contributed by atoms with Gasteiger partial charge in [0, 0.05) is 32.8 Å². The molecule has 0 bridgehead atoms. The second-order valence-corrected chi connectivity index (χ2v) is 10.00. The number of rotatable bonds is 12. The van der Waals surface area contributed by atoms with Gasteiger partial charge in [-0.1, -0.05) is 12.1 Å². The van der Waals surface area contributed by atoms with E-state index < -0.39 is 54.4 Å². The predicted molar refractivity (Wildman–Crippen MR) is 151 cm³/mol. The van der Waals surface area contributed by atoms with Crippen LogP contribution < -0.4 is 4.74 Å². The fraction of sp³-hybridized carbons (Fsp3) is 0.516. The average Bonchev–Trinajstić information content (AvgIpc) is 2.94. The Bertz CT molecular complexity index is 1340. The molecule has 12 heteroatoms. The van der Waals surface area contributed by atoms with Crippen LogP contribution in [0.5, 0.6) is 5.75 Å². The molecule has 0 radical (unpaired) electrons. The van der Waals surface area contributed by atoms with Gasteiger partial charge < -0.3 is 33.2 Å². The maximum Gasteiger partial charge on any atom is 0.337 e. The van der Waals surface area contributed by atoms with E-state index in [4.69, 9.17) is 33.2 Å². The third-order valence-electron chi connectivity index (χ3n) is 6.74. The highest BCUT2D eigenvalue weighted by atomic mass is 16.6. The van der Waals surface area contributed by atoms with Gasteiger partial charge in [0.25, 0.3) is 0 Å². The fourth-order valence-corrected chi connectivity index (χ4v) is 5.03. The van der Waals surface area contributed by atoms with E-state index in [9.17, 15) is 24.0 Å². The van der Waals surface area contributed by atoms with E-state index in [0.29, 0.717) is 47.1 Å². The van der Waals surface area contributed by atoms with Crippen LogP contribution in [0.1, 0.15) is 75.9 Å². The Balaban J connectivity index is 2.10. The first-order valence-corrected chi connectivity index (χ1v) is 14.1. The van der Waals surface area contributed by atoms with Crippen molar-refractivity contribution in [3.63, 3.8) is 0 Å². The summed E-state index contributed by atoms with van der Waals surface area (Å²) >= 11 is 0. The van der Waals surface area contributed by atoms with Gasteiger partial charge >= 0.3 is 29.8 Å². The number of carbonyl (C=O) groups is 5. The number of methoxy groups -OCH3 is 1. The highest BCUT2D eigenvalue weighted by molar-refractivity contribution is 5.97. The number of hydrogen-bond donors (Lipinski definition) is 0. The van der Waals surface area contributed by atoms with Crippen molar-refractivity contribution in [3.8, 4) is 5.75 Å². The number of benzene rings is 2. The van der Waals surface area contributed by atoms with Crippen LogP contribution >= 0.6 is 0 Å². The molecule has 0 spiro atoms. The van der Waals surface area contributed by atoms with Crippen molar-refractivity contribution in [2.45, 2.75) is 84.4 Å². The molecule has 1 fully saturated rings. The van der Waals surface area contributed by atoms with E-state index in [1.807, 2.05) is 0 Å². The zero-order chi connectivity index (χ0) is 31.7. The molecule has 2 aromatic carbocycles. The molecule has 234 valence electrons. The summed E-state index contributed by atoms with van der Waals surface area (Å²) in [6, 6.07) is 8.38. The number of esters is 5. The largest absolute Gasteiger partial charge is 0.493 e. The average molecular weight is 603 g/mol. The van der Waals surface area contributed by atoms with Gasteiger partial charge in [-0.3, -0.25) is 19.2 Å². The van der Waals surface area contributed by atoms with Crippen molar-refractivity contribution < 1.29 is 57.1 Å². The summed E-state index contributed by atoms with van der Waals surface area (Å²) in [5.74, 6) is -2.42. The lowest BCUT2D eigenvalue weighted by Gasteiger charge is -2.44. The molecule has 0 N–H and O–H groups in total. The van der Waals surface area contributed by atoms with Gasteiger partial charge in [0.05, 0.1) is 32.0 Å². The van der Waals surface area contributed by atoms with Crippen LogP contribution in [0.3, 0.4) is 0 Å². The van der Waals surface area contributed by atoms with E-state index >= 15 is 0 Å². The van der Waals surface area contributed by atoms with Crippen molar-refractivity contribution in [2.24, 2.45) is 0 Å². The normalized spacial score (nSPS) is 21.4. The number of carbonyl (C=O) groups excluding carboxylic acids is 5. The van der Waals surface area contributed by atoms with Gasteiger partial charge in [-0.2, -0.15) is 0 Å². The summed E-state index contributed by atoms with van der Waals surface area (Å²) in [6.07, 6.45) is -4.04. The molecule has 5 atom stereocenters. The molecule has 0 aliphatic carbocycles. The summed E-state index contributed by atoms with van der Waals surface area (Å²) in [6.45, 7) is 7.55. The Morgan fingerprint density at radius 1 is 0.837 bits per heavy atom. The lowest BCUT2D eigenvalue weighted by Crippen LogP contribution is -2.57. The Hall–Kier alpha value is -4.19. The van der Waals surface area contributed by atoms with Crippen molar-refractivity contribution in [1.29, 1.82) is 0 Å². The number of ether oxygens (including phenoxy) is 7. The first kappa shape index (κ1) is 33.3. The first-order chi connectivity index (χ1) is 20.5. The topological polar surface area (TPSA) is 150 Å². The molecular formula is C31H38O12. The summed E-state index contributed by atoms with van der Waals surface area (Å²) in [5.41, 5.74) is 0.784. The third kappa shape index (κ3) is 8.66. The number of hydrogen-bond acceptors (Lipinski definition) is 12. The van der Waals surface area contributed by atoms with Gasteiger partial charge in [-0.05, 0) is 55.7 Å². The molecule has 1 aliphatic heterocycles. The molecule has 0 saturated carbocycles. The summed E-state index contributed by atoms with van der Waals surface area (Å²) in [4.78, 5) is 60.4. The van der Waals surface area contributed by atoms with Gasteiger partial charge in [0.15, 0.2) is 18.3 Å².